The van der Waals surface area contributed by atoms with E-state index in [1.165, 1.54) is 20.5 Å². The molecule has 0 radical (unpaired) electrons. The predicted molar refractivity (Wildman–Crippen MR) is 89.7 cm³/mol. The van der Waals surface area contributed by atoms with Gasteiger partial charge in [-0.2, -0.15) is 0 Å². The Kier molecular flexibility index (Phi) is 5.09. The molecule has 1 aliphatic heterocycles. The van der Waals surface area contributed by atoms with Crippen LogP contribution in [-0.4, -0.2) is 38.9 Å². The van der Waals surface area contributed by atoms with Crippen LogP contribution in [0.2, 0.25) is 0 Å². The molecule has 0 unspecified atom stereocenters. The van der Waals surface area contributed by atoms with Gasteiger partial charge < -0.3 is 5.73 Å². The summed E-state index contributed by atoms with van der Waals surface area (Å²) in [6.45, 7) is 5.66. The van der Waals surface area contributed by atoms with Crippen molar-refractivity contribution in [1.29, 1.82) is 0 Å². The maximum absolute atomic E-state index is 12.8. The lowest BCUT2D eigenvalue weighted by Gasteiger charge is -2.35. The number of hydrogen-bond donors (Lipinski definition) is 1. The standard InChI is InChI=1S/C16H26N4O3/c1-5-11-7-6-8-20(9-11)10(2)13(21)12-14(17)18(3)16(23)19(4)15(12)22/h10-11H,5-9,17H2,1-4H3/t10-,11+/m0/s1. The Hall–Kier alpha value is -1.89. The number of nitrogen functional groups attached to an aromatic ring is 1. The van der Waals surface area contributed by atoms with Gasteiger partial charge >= 0.3 is 5.69 Å². The minimum absolute atomic E-state index is 0.0565. The van der Waals surface area contributed by atoms with Gasteiger partial charge in [-0.3, -0.25) is 23.6 Å². The predicted octanol–water partition coefficient (Wildman–Crippen LogP) is 0.359. The Morgan fingerprint density at radius 2 is 1.96 bits per heavy atom. The van der Waals surface area contributed by atoms with E-state index in [0.29, 0.717) is 5.92 Å². The third-order valence-electron chi connectivity index (χ3n) is 5.01. The molecule has 0 aromatic carbocycles. The molecule has 1 saturated heterocycles. The topological polar surface area (TPSA) is 90.3 Å². The zero-order valence-electron chi connectivity index (χ0n) is 14.3. The van der Waals surface area contributed by atoms with Crippen LogP contribution in [0.4, 0.5) is 5.82 Å². The van der Waals surface area contributed by atoms with E-state index in [9.17, 15) is 14.4 Å². The van der Waals surface area contributed by atoms with Crippen molar-refractivity contribution in [1.82, 2.24) is 14.0 Å². The Bertz CT molecular complexity index is 719. The van der Waals surface area contributed by atoms with Crippen LogP contribution in [0.25, 0.3) is 0 Å². The van der Waals surface area contributed by atoms with Gasteiger partial charge in [-0.1, -0.05) is 13.3 Å². The molecular formula is C16H26N4O3. The molecule has 0 aliphatic carbocycles. The number of likely N-dealkylation sites (tertiary alicyclic amines) is 1. The van der Waals surface area contributed by atoms with Gasteiger partial charge in [0, 0.05) is 20.6 Å². The fourth-order valence-electron chi connectivity index (χ4n) is 3.25. The lowest BCUT2D eigenvalue weighted by atomic mass is 9.93. The fraction of sp³-hybridized carbons (Fsp3) is 0.688. The van der Waals surface area contributed by atoms with Gasteiger partial charge in [0.1, 0.15) is 11.4 Å². The molecule has 23 heavy (non-hydrogen) atoms. The Morgan fingerprint density at radius 3 is 2.57 bits per heavy atom. The zero-order valence-corrected chi connectivity index (χ0v) is 14.3. The third kappa shape index (κ3) is 3.10. The molecule has 2 N–H and O–H groups in total. The Labute approximate surface area is 135 Å². The van der Waals surface area contributed by atoms with Gasteiger partial charge in [0.2, 0.25) is 0 Å². The van der Waals surface area contributed by atoms with Gasteiger partial charge in [0.05, 0.1) is 6.04 Å². The van der Waals surface area contributed by atoms with Crippen LogP contribution in [-0.2, 0) is 14.1 Å². The smallest absolute Gasteiger partial charge is 0.332 e. The molecule has 2 heterocycles. The number of nitrogens with zero attached hydrogens (tertiary/aromatic N) is 3. The number of anilines is 1. The number of carbonyl (C=O) groups excluding carboxylic acids is 1. The van der Waals surface area contributed by atoms with Gasteiger partial charge in [0.15, 0.2) is 5.78 Å². The average molecular weight is 322 g/mol. The molecule has 1 aromatic heterocycles. The second-order valence-electron chi connectivity index (χ2n) is 6.42. The van der Waals surface area contributed by atoms with Crippen LogP contribution in [0.1, 0.15) is 43.5 Å². The first-order valence-electron chi connectivity index (χ1n) is 8.13. The van der Waals surface area contributed by atoms with E-state index in [2.05, 4.69) is 11.8 Å². The summed E-state index contributed by atoms with van der Waals surface area (Å²) < 4.78 is 2.08. The van der Waals surface area contributed by atoms with Crippen molar-refractivity contribution in [2.45, 2.75) is 39.2 Å². The number of rotatable bonds is 4. The normalized spacial score (nSPS) is 20.4. The molecule has 0 saturated carbocycles. The first kappa shape index (κ1) is 17.5. The fourth-order valence-corrected chi connectivity index (χ4v) is 3.25. The number of ketones is 1. The monoisotopic (exact) mass is 322 g/mol. The minimum Gasteiger partial charge on any atom is -0.384 e. The van der Waals surface area contributed by atoms with Crippen molar-refractivity contribution < 1.29 is 4.79 Å². The summed E-state index contributed by atoms with van der Waals surface area (Å²) in [5, 5.41) is 0. The number of carbonyl (C=O) groups is 1. The van der Waals surface area contributed by atoms with Crippen molar-refractivity contribution >= 4 is 11.6 Å². The molecule has 0 amide bonds. The number of aromatic nitrogens is 2. The first-order valence-corrected chi connectivity index (χ1v) is 8.13. The molecule has 0 bridgehead atoms. The first-order chi connectivity index (χ1) is 10.8. The molecule has 2 rings (SSSR count). The van der Waals surface area contributed by atoms with Crippen LogP contribution in [0.5, 0.6) is 0 Å². The van der Waals surface area contributed by atoms with E-state index >= 15 is 0 Å². The highest BCUT2D eigenvalue weighted by atomic mass is 16.2. The lowest BCUT2D eigenvalue weighted by Crippen LogP contribution is -2.48. The highest BCUT2D eigenvalue weighted by molar-refractivity contribution is 6.03. The number of nitrogens with two attached hydrogens (primary N) is 1. The van der Waals surface area contributed by atoms with Crippen LogP contribution in [0.3, 0.4) is 0 Å². The summed E-state index contributed by atoms with van der Waals surface area (Å²) in [7, 11) is 2.83. The van der Waals surface area contributed by atoms with Crippen molar-refractivity contribution in [3.8, 4) is 0 Å². The van der Waals surface area contributed by atoms with Crippen LogP contribution < -0.4 is 17.0 Å². The van der Waals surface area contributed by atoms with E-state index in [1.807, 2.05) is 6.92 Å². The van der Waals surface area contributed by atoms with E-state index in [-0.39, 0.29) is 17.2 Å². The van der Waals surface area contributed by atoms with Crippen molar-refractivity contribution in [2.75, 3.05) is 18.8 Å². The summed E-state index contributed by atoms with van der Waals surface area (Å²) in [4.78, 5) is 39.2. The molecule has 1 aromatic rings. The van der Waals surface area contributed by atoms with E-state index < -0.39 is 17.3 Å². The molecule has 1 aliphatic rings. The third-order valence-corrected chi connectivity index (χ3v) is 5.01. The summed E-state index contributed by atoms with van der Waals surface area (Å²) in [5.74, 6) is 0.216. The van der Waals surface area contributed by atoms with Crippen molar-refractivity contribution in [2.24, 2.45) is 20.0 Å². The Balaban J connectivity index is 2.37. The maximum Gasteiger partial charge on any atom is 0.332 e. The SMILES string of the molecule is CC[C@@H]1CCCN([C@@H](C)C(=O)c2c(N)n(C)c(=O)n(C)c2=O)C1. The summed E-state index contributed by atoms with van der Waals surface area (Å²) in [6.07, 6.45) is 3.32. The maximum atomic E-state index is 12.8. The lowest BCUT2D eigenvalue weighted by molar-refractivity contribution is 0.0747. The van der Waals surface area contributed by atoms with E-state index in [1.54, 1.807) is 0 Å². The molecule has 7 heteroatoms. The molecule has 128 valence electrons. The van der Waals surface area contributed by atoms with Crippen molar-refractivity contribution in [3.63, 3.8) is 0 Å². The number of hydrogen-bond acceptors (Lipinski definition) is 5. The minimum atomic E-state index is -0.619. The highest BCUT2D eigenvalue weighted by Crippen LogP contribution is 2.22. The second-order valence-corrected chi connectivity index (χ2v) is 6.42. The van der Waals surface area contributed by atoms with Crippen LogP contribution in [0, 0.1) is 5.92 Å². The largest absolute Gasteiger partial charge is 0.384 e. The molecule has 1 fully saturated rings. The molecule has 0 spiro atoms. The van der Waals surface area contributed by atoms with Gasteiger partial charge in [-0.15, -0.1) is 0 Å². The second kappa shape index (κ2) is 6.70. The van der Waals surface area contributed by atoms with Gasteiger partial charge in [-0.05, 0) is 32.2 Å². The zero-order chi connectivity index (χ0) is 17.3. The quantitative estimate of drug-likeness (QED) is 0.808. The highest BCUT2D eigenvalue weighted by Gasteiger charge is 2.31. The van der Waals surface area contributed by atoms with E-state index in [0.717, 1.165) is 35.1 Å². The van der Waals surface area contributed by atoms with Gasteiger partial charge in [0.25, 0.3) is 5.56 Å². The van der Waals surface area contributed by atoms with Crippen LogP contribution >= 0.6 is 0 Å². The van der Waals surface area contributed by atoms with E-state index in [4.69, 9.17) is 5.73 Å². The van der Waals surface area contributed by atoms with Crippen molar-refractivity contribution in [3.05, 3.63) is 26.4 Å². The molecule has 2 atom stereocenters. The molecule has 7 nitrogen and oxygen atoms in total. The summed E-state index contributed by atoms with van der Waals surface area (Å²) in [5.41, 5.74) is 4.66. The summed E-state index contributed by atoms with van der Waals surface area (Å²) in [6, 6.07) is -0.420. The number of piperidine rings is 1. The summed E-state index contributed by atoms with van der Waals surface area (Å²) >= 11 is 0. The Morgan fingerprint density at radius 1 is 1.30 bits per heavy atom. The average Bonchev–Trinajstić information content (AvgIpc) is 2.57. The molecular weight excluding hydrogens is 296 g/mol. The number of Topliss-reactive ketones (excluding diaryl/α,β-unsaturated/α-hetero) is 1. The van der Waals surface area contributed by atoms with Gasteiger partial charge in [-0.25, -0.2) is 4.79 Å². The van der Waals surface area contributed by atoms with Crippen LogP contribution in [0.15, 0.2) is 9.59 Å².